The molecular weight excluding hydrogens is 695 g/mol. The van der Waals surface area contributed by atoms with Crippen molar-refractivity contribution in [3.63, 3.8) is 0 Å². The lowest BCUT2D eigenvalue weighted by atomic mass is 9.94. The average Bonchev–Trinajstić information content (AvgIpc) is 2.99. The maximum Gasteiger partial charge on any atom is 0.417 e. The second-order valence-corrected chi connectivity index (χ2v) is 14.4. The van der Waals surface area contributed by atoms with E-state index < -0.39 is 45.3 Å². The van der Waals surface area contributed by atoms with E-state index in [1.807, 2.05) is 30.3 Å². The van der Waals surface area contributed by atoms with Crippen molar-refractivity contribution in [3.05, 3.63) is 99.0 Å². The van der Waals surface area contributed by atoms with Gasteiger partial charge in [0.2, 0.25) is 21.8 Å². The van der Waals surface area contributed by atoms with Crippen LogP contribution in [0.25, 0.3) is 0 Å². The molecule has 0 spiro atoms. The smallest absolute Gasteiger partial charge is 0.352 e. The zero-order valence-electron chi connectivity index (χ0n) is 24.6. The largest absolute Gasteiger partial charge is 0.417 e. The molecule has 45 heavy (non-hydrogen) atoms. The number of amides is 2. The lowest BCUT2D eigenvalue weighted by Gasteiger charge is -2.35. The highest BCUT2D eigenvalue weighted by atomic mass is 79.9. The number of halogens is 5. The number of rotatable bonds is 11. The molecule has 7 nitrogen and oxygen atoms in total. The van der Waals surface area contributed by atoms with E-state index in [4.69, 9.17) is 11.6 Å². The number of hydrogen-bond acceptors (Lipinski definition) is 4. The predicted octanol–water partition coefficient (Wildman–Crippen LogP) is 6.98. The molecule has 13 heteroatoms. The van der Waals surface area contributed by atoms with Gasteiger partial charge in [0.25, 0.3) is 0 Å². The first kappa shape index (κ1) is 34.8. The van der Waals surface area contributed by atoms with E-state index in [9.17, 15) is 31.2 Å². The van der Waals surface area contributed by atoms with E-state index in [-0.39, 0.29) is 30.6 Å². The lowest BCUT2D eigenvalue weighted by molar-refractivity contribution is -0.140. The minimum Gasteiger partial charge on any atom is -0.352 e. The Balaban J connectivity index is 1.75. The van der Waals surface area contributed by atoms with Crippen LogP contribution < -0.4 is 9.62 Å². The van der Waals surface area contributed by atoms with E-state index >= 15 is 0 Å². The first-order chi connectivity index (χ1) is 21.2. The Bertz CT molecular complexity index is 1590. The van der Waals surface area contributed by atoms with Crippen molar-refractivity contribution in [2.45, 2.75) is 63.3 Å². The molecule has 1 atom stereocenters. The normalized spacial score (nSPS) is 14.9. The molecule has 1 aliphatic carbocycles. The number of alkyl halides is 3. The Labute approximate surface area is 274 Å². The van der Waals surface area contributed by atoms with Crippen LogP contribution in [0.1, 0.15) is 48.8 Å². The number of sulfonamides is 1. The van der Waals surface area contributed by atoms with Crippen LogP contribution in [0.15, 0.2) is 77.3 Å². The highest BCUT2D eigenvalue weighted by molar-refractivity contribution is 9.10. The number of anilines is 1. The number of nitrogens with one attached hydrogen (secondary N) is 1. The van der Waals surface area contributed by atoms with Crippen molar-refractivity contribution in [2.24, 2.45) is 0 Å². The summed E-state index contributed by atoms with van der Waals surface area (Å²) in [7, 11) is -4.26. The van der Waals surface area contributed by atoms with Crippen LogP contribution >= 0.6 is 27.5 Å². The van der Waals surface area contributed by atoms with Crippen LogP contribution in [0.2, 0.25) is 5.02 Å². The quantitative estimate of drug-likeness (QED) is 0.231. The van der Waals surface area contributed by atoms with Crippen LogP contribution in [0.4, 0.5) is 18.9 Å². The molecule has 0 aliphatic heterocycles. The molecule has 0 bridgehead atoms. The third kappa shape index (κ3) is 9.70. The molecule has 1 aliphatic rings. The van der Waals surface area contributed by atoms with E-state index in [0.29, 0.717) is 15.9 Å². The van der Waals surface area contributed by atoms with Crippen LogP contribution in [-0.4, -0.2) is 50.0 Å². The number of carbonyl (C=O) groups excluding carboxylic acids is 2. The zero-order valence-corrected chi connectivity index (χ0v) is 27.7. The molecule has 2 amide bonds. The van der Waals surface area contributed by atoms with Gasteiger partial charge in [-0.25, -0.2) is 8.42 Å². The molecule has 1 saturated carbocycles. The standard InChI is InChI=1S/C32H34BrClF3N3O4S/c1-45(43,44)40(26-16-17-28(34)27(19-26)32(35,36)37)21-30(41)39(20-23-12-14-24(33)15-13-23)29(18-22-8-4-2-5-9-22)31(42)38-25-10-6-3-7-11-25/h2,4-5,8-9,12-17,19,25,29H,3,6-7,10-11,18,20-21H2,1H3,(H,38,42)/t29-/m1/s1. The monoisotopic (exact) mass is 727 g/mol. The molecule has 0 unspecified atom stereocenters. The van der Waals surface area contributed by atoms with Crippen LogP contribution in [-0.2, 0) is 38.8 Å². The van der Waals surface area contributed by atoms with Crippen LogP contribution in [0.5, 0.6) is 0 Å². The molecule has 0 saturated heterocycles. The second-order valence-electron chi connectivity index (χ2n) is 11.1. The maximum atomic E-state index is 14.2. The average molecular weight is 729 g/mol. The first-order valence-corrected chi connectivity index (χ1v) is 17.5. The summed E-state index contributed by atoms with van der Waals surface area (Å²) in [5, 5.41) is 2.50. The summed E-state index contributed by atoms with van der Waals surface area (Å²) in [6.45, 7) is -0.885. The minimum atomic E-state index is -4.86. The van der Waals surface area contributed by atoms with Crippen LogP contribution in [0, 0.1) is 0 Å². The van der Waals surface area contributed by atoms with Gasteiger partial charge in [-0.3, -0.25) is 13.9 Å². The van der Waals surface area contributed by atoms with Crippen molar-refractivity contribution in [3.8, 4) is 0 Å². The summed E-state index contributed by atoms with van der Waals surface area (Å²) in [6, 6.07) is 17.8. The van der Waals surface area contributed by atoms with Crippen molar-refractivity contribution in [1.29, 1.82) is 0 Å². The third-order valence-electron chi connectivity index (χ3n) is 7.71. The van der Waals surface area contributed by atoms with Gasteiger partial charge in [0.15, 0.2) is 0 Å². The Morgan fingerprint density at radius 1 is 0.978 bits per heavy atom. The Kier molecular flexibility index (Phi) is 11.6. The number of hydrogen-bond donors (Lipinski definition) is 1. The molecule has 0 aromatic heterocycles. The summed E-state index contributed by atoms with van der Waals surface area (Å²) >= 11 is 9.17. The van der Waals surface area contributed by atoms with Gasteiger partial charge in [-0.2, -0.15) is 13.2 Å². The van der Waals surface area contributed by atoms with Gasteiger partial charge in [0.1, 0.15) is 12.6 Å². The molecule has 0 radical (unpaired) electrons. The predicted molar refractivity (Wildman–Crippen MR) is 172 cm³/mol. The highest BCUT2D eigenvalue weighted by Gasteiger charge is 2.37. The maximum absolute atomic E-state index is 14.2. The summed E-state index contributed by atoms with van der Waals surface area (Å²) in [5.74, 6) is -1.14. The van der Waals surface area contributed by atoms with Gasteiger partial charge >= 0.3 is 6.18 Å². The lowest BCUT2D eigenvalue weighted by Crippen LogP contribution is -2.55. The van der Waals surface area contributed by atoms with Gasteiger partial charge in [0.05, 0.1) is 22.5 Å². The molecule has 3 aromatic rings. The fourth-order valence-electron chi connectivity index (χ4n) is 5.38. The van der Waals surface area contributed by atoms with Gasteiger partial charge in [0, 0.05) is 23.5 Å². The summed E-state index contributed by atoms with van der Waals surface area (Å²) < 4.78 is 68.3. The summed E-state index contributed by atoms with van der Waals surface area (Å²) in [6.07, 6.45) is 0.731. The van der Waals surface area contributed by atoms with Crippen molar-refractivity contribution in [1.82, 2.24) is 10.2 Å². The number of benzene rings is 3. The molecule has 242 valence electrons. The van der Waals surface area contributed by atoms with E-state index in [1.165, 1.54) is 4.90 Å². The Hall–Kier alpha value is -3.09. The van der Waals surface area contributed by atoms with E-state index in [2.05, 4.69) is 21.2 Å². The van der Waals surface area contributed by atoms with Gasteiger partial charge in [-0.05, 0) is 54.3 Å². The van der Waals surface area contributed by atoms with Crippen molar-refractivity contribution < 1.29 is 31.2 Å². The van der Waals surface area contributed by atoms with Crippen molar-refractivity contribution in [2.75, 3.05) is 17.1 Å². The summed E-state index contributed by atoms with van der Waals surface area (Å²) in [4.78, 5) is 29.5. The fraction of sp³-hybridized carbons (Fsp3) is 0.375. The van der Waals surface area contributed by atoms with Crippen LogP contribution in [0.3, 0.4) is 0 Å². The molecule has 1 fully saturated rings. The fourth-order valence-corrected chi connectivity index (χ4v) is 6.71. The molecular formula is C32H34BrClF3N3O4S. The Morgan fingerprint density at radius 2 is 1.62 bits per heavy atom. The Morgan fingerprint density at radius 3 is 2.22 bits per heavy atom. The second kappa shape index (κ2) is 15.0. The number of nitrogens with zero attached hydrogens (tertiary/aromatic N) is 2. The van der Waals surface area contributed by atoms with Gasteiger partial charge in [-0.1, -0.05) is 89.3 Å². The zero-order chi connectivity index (χ0) is 32.8. The van der Waals surface area contributed by atoms with Gasteiger partial charge in [-0.15, -0.1) is 0 Å². The third-order valence-corrected chi connectivity index (χ3v) is 9.71. The van der Waals surface area contributed by atoms with Crippen molar-refractivity contribution >= 4 is 55.1 Å². The molecule has 3 aromatic carbocycles. The first-order valence-electron chi connectivity index (χ1n) is 14.4. The van der Waals surface area contributed by atoms with E-state index in [1.54, 1.807) is 24.3 Å². The topological polar surface area (TPSA) is 86.8 Å². The van der Waals surface area contributed by atoms with Gasteiger partial charge < -0.3 is 10.2 Å². The SMILES string of the molecule is CS(=O)(=O)N(CC(=O)N(Cc1ccc(Br)cc1)[C@H](Cc1ccccc1)C(=O)NC1CCCCC1)c1ccc(Cl)c(C(F)(F)F)c1. The molecule has 1 N–H and O–H groups in total. The highest BCUT2D eigenvalue weighted by Crippen LogP contribution is 2.37. The molecule has 4 rings (SSSR count). The number of carbonyl (C=O) groups is 2. The summed E-state index contributed by atoms with van der Waals surface area (Å²) in [5.41, 5.74) is -0.157. The minimum absolute atomic E-state index is 0.0479. The molecule has 0 heterocycles. The van der Waals surface area contributed by atoms with E-state index in [0.717, 1.165) is 60.5 Å².